The fourth-order valence-corrected chi connectivity index (χ4v) is 3.58. The second-order valence-electron chi connectivity index (χ2n) is 4.20. The summed E-state index contributed by atoms with van der Waals surface area (Å²) in [5.41, 5.74) is 0.534. The van der Waals surface area contributed by atoms with Crippen LogP contribution in [0.5, 0.6) is 0 Å². The summed E-state index contributed by atoms with van der Waals surface area (Å²) in [6, 6.07) is 1.66. The van der Waals surface area contributed by atoms with Gasteiger partial charge in [0.05, 0.1) is 9.90 Å². The summed E-state index contributed by atoms with van der Waals surface area (Å²) in [5, 5.41) is 3.14. The van der Waals surface area contributed by atoms with Gasteiger partial charge in [-0.2, -0.15) is 0 Å². The van der Waals surface area contributed by atoms with E-state index in [9.17, 15) is 4.79 Å². The first kappa shape index (κ1) is 13.1. The molecule has 1 saturated heterocycles. The second kappa shape index (κ2) is 5.57. The molecular weight excluding hydrogens is 279 g/mol. The van der Waals surface area contributed by atoms with Crippen LogP contribution in [0.3, 0.4) is 0 Å². The minimum Gasteiger partial charge on any atom is -0.338 e. The molecule has 3 nitrogen and oxygen atoms in total. The van der Waals surface area contributed by atoms with Gasteiger partial charge in [0.2, 0.25) is 0 Å². The van der Waals surface area contributed by atoms with Crippen molar-refractivity contribution in [2.45, 2.75) is 6.42 Å². The number of thiophene rings is 1. The molecule has 0 bridgehead atoms. The summed E-state index contributed by atoms with van der Waals surface area (Å²) in [4.78, 5) is 14.1. The topological polar surface area (TPSA) is 32.3 Å². The van der Waals surface area contributed by atoms with Crippen molar-refractivity contribution < 1.29 is 4.79 Å². The van der Waals surface area contributed by atoms with Crippen molar-refractivity contribution >= 4 is 40.4 Å². The van der Waals surface area contributed by atoms with Gasteiger partial charge in [-0.25, -0.2) is 0 Å². The minimum absolute atomic E-state index is 0.00301. The van der Waals surface area contributed by atoms with Gasteiger partial charge in [-0.05, 0) is 32.0 Å². The van der Waals surface area contributed by atoms with Crippen molar-refractivity contribution in [3.05, 3.63) is 20.3 Å². The van der Waals surface area contributed by atoms with Crippen LogP contribution in [0.1, 0.15) is 16.8 Å². The van der Waals surface area contributed by atoms with Crippen LogP contribution >= 0.6 is 34.5 Å². The van der Waals surface area contributed by atoms with Crippen LogP contribution in [-0.4, -0.2) is 37.5 Å². The molecule has 94 valence electrons. The minimum atomic E-state index is -0.00301. The standard InChI is InChI=1S/C11H14Cl2N2OS/c1-14-5-7-2-3-15(6-7)11(16)8-4-9(12)17-10(8)13/h4,7,14H,2-3,5-6H2,1H3/t7-/m1/s1. The van der Waals surface area contributed by atoms with Gasteiger partial charge >= 0.3 is 0 Å². The van der Waals surface area contributed by atoms with Gasteiger partial charge in [0.1, 0.15) is 4.34 Å². The molecule has 1 aromatic heterocycles. The summed E-state index contributed by atoms with van der Waals surface area (Å²) in [5.74, 6) is 0.536. The van der Waals surface area contributed by atoms with Crippen LogP contribution in [0, 0.1) is 5.92 Å². The molecule has 1 aliphatic heterocycles. The SMILES string of the molecule is CNC[C@H]1CCN(C(=O)c2cc(Cl)sc2Cl)C1. The van der Waals surface area contributed by atoms with Crippen LogP contribution in [0.4, 0.5) is 0 Å². The van der Waals surface area contributed by atoms with E-state index in [4.69, 9.17) is 23.2 Å². The summed E-state index contributed by atoms with van der Waals surface area (Å²) >= 11 is 13.1. The largest absolute Gasteiger partial charge is 0.338 e. The van der Waals surface area contributed by atoms with Crippen LogP contribution in [0.25, 0.3) is 0 Å². The molecule has 0 spiro atoms. The Balaban J connectivity index is 2.04. The fourth-order valence-electron chi connectivity index (χ4n) is 2.13. The molecule has 0 radical (unpaired) electrons. The quantitative estimate of drug-likeness (QED) is 0.929. The average Bonchev–Trinajstić information content (AvgIpc) is 2.85. The Morgan fingerprint density at radius 2 is 2.41 bits per heavy atom. The van der Waals surface area contributed by atoms with Crippen LogP contribution in [0.15, 0.2) is 6.07 Å². The first-order valence-electron chi connectivity index (χ1n) is 5.50. The fraction of sp³-hybridized carbons (Fsp3) is 0.545. The van der Waals surface area contributed by atoms with E-state index in [2.05, 4.69) is 5.32 Å². The third-order valence-corrected chi connectivity index (χ3v) is 4.44. The van der Waals surface area contributed by atoms with Crippen LogP contribution in [0.2, 0.25) is 8.67 Å². The molecule has 17 heavy (non-hydrogen) atoms. The molecule has 1 fully saturated rings. The predicted molar refractivity (Wildman–Crippen MR) is 72.3 cm³/mol. The van der Waals surface area contributed by atoms with E-state index in [-0.39, 0.29) is 5.91 Å². The van der Waals surface area contributed by atoms with Crippen molar-refractivity contribution in [2.24, 2.45) is 5.92 Å². The van der Waals surface area contributed by atoms with E-state index >= 15 is 0 Å². The first-order valence-corrected chi connectivity index (χ1v) is 7.07. The molecule has 1 N–H and O–H groups in total. The molecule has 2 rings (SSSR count). The molecule has 0 aliphatic carbocycles. The lowest BCUT2D eigenvalue weighted by Gasteiger charge is -2.16. The highest BCUT2D eigenvalue weighted by Crippen LogP contribution is 2.32. The Kier molecular flexibility index (Phi) is 4.31. The number of nitrogens with zero attached hydrogens (tertiary/aromatic N) is 1. The van der Waals surface area contributed by atoms with Crippen molar-refractivity contribution in [1.82, 2.24) is 10.2 Å². The Morgan fingerprint density at radius 1 is 1.65 bits per heavy atom. The number of carbonyl (C=O) groups excluding carboxylic acids is 1. The number of nitrogens with one attached hydrogen (secondary N) is 1. The lowest BCUT2D eigenvalue weighted by molar-refractivity contribution is 0.0788. The Morgan fingerprint density at radius 3 is 3.00 bits per heavy atom. The smallest absolute Gasteiger partial charge is 0.256 e. The van der Waals surface area contributed by atoms with Gasteiger partial charge in [-0.3, -0.25) is 4.79 Å². The van der Waals surface area contributed by atoms with Gasteiger partial charge in [0.25, 0.3) is 5.91 Å². The lowest BCUT2D eigenvalue weighted by Crippen LogP contribution is -2.30. The monoisotopic (exact) mass is 292 g/mol. The molecule has 0 aromatic carbocycles. The maximum atomic E-state index is 12.2. The third-order valence-electron chi connectivity index (χ3n) is 2.95. The zero-order chi connectivity index (χ0) is 12.4. The van der Waals surface area contributed by atoms with Gasteiger partial charge < -0.3 is 10.2 Å². The van der Waals surface area contributed by atoms with E-state index in [1.54, 1.807) is 6.07 Å². The number of hydrogen-bond donors (Lipinski definition) is 1. The number of amides is 1. The lowest BCUT2D eigenvalue weighted by atomic mass is 10.1. The molecule has 6 heteroatoms. The normalized spacial score (nSPS) is 19.9. The number of halogens is 2. The third kappa shape index (κ3) is 2.94. The van der Waals surface area contributed by atoms with Crippen molar-refractivity contribution in [3.8, 4) is 0 Å². The van der Waals surface area contributed by atoms with E-state index < -0.39 is 0 Å². The van der Waals surface area contributed by atoms with Crippen molar-refractivity contribution in [2.75, 3.05) is 26.7 Å². The highest BCUT2D eigenvalue weighted by Gasteiger charge is 2.28. The summed E-state index contributed by atoms with van der Waals surface area (Å²) < 4.78 is 1.04. The molecule has 1 atom stereocenters. The Labute approximate surface area is 115 Å². The molecule has 0 saturated carbocycles. The molecule has 1 aromatic rings. The van der Waals surface area contributed by atoms with Gasteiger partial charge in [-0.1, -0.05) is 23.2 Å². The second-order valence-corrected chi connectivity index (χ2v) is 6.49. The highest BCUT2D eigenvalue weighted by molar-refractivity contribution is 7.20. The highest BCUT2D eigenvalue weighted by atomic mass is 35.5. The van der Waals surface area contributed by atoms with Gasteiger partial charge in [0.15, 0.2) is 0 Å². The Bertz CT molecular complexity index is 422. The Hall–Kier alpha value is -0.290. The summed E-state index contributed by atoms with van der Waals surface area (Å²) in [6.45, 7) is 2.54. The summed E-state index contributed by atoms with van der Waals surface area (Å²) in [7, 11) is 1.93. The predicted octanol–water partition coefficient (Wildman–Crippen LogP) is 2.74. The van der Waals surface area contributed by atoms with E-state index in [0.717, 1.165) is 26.1 Å². The van der Waals surface area contributed by atoms with Crippen LogP contribution in [-0.2, 0) is 0 Å². The maximum absolute atomic E-state index is 12.2. The van der Waals surface area contributed by atoms with Crippen LogP contribution < -0.4 is 5.32 Å². The van der Waals surface area contributed by atoms with Crippen molar-refractivity contribution in [1.29, 1.82) is 0 Å². The molecule has 0 unspecified atom stereocenters. The molecular formula is C11H14Cl2N2OS. The number of rotatable bonds is 3. The van der Waals surface area contributed by atoms with E-state index in [1.165, 1.54) is 11.3 Å². The maximum Gasteiger partial charge on any atom is 0.256 e. The van der Waals surface area contributed by atoms with Gasteiger partial charge in [-0.15, -0.1) is 11.3 Å². The summed E-state index contributed by atoms with van der Waals surface area (Å²) in [6.07, 6.45) is 1.04. The number of likely N-dealkylation sites (tertiary alicyclic amines) is 1. The number of carbonyl (C=O) groups is 1. The number of hydrogen-bond acceptors (Lipinski definition) is 3. The zero-order valence-corrected chi connectivity index (χ0v) is 11.8. The first-order chi connectivity index (χ1) is 8.11. The van der Waals surface area contributed by atoms with Crippen molar-refractivity contribution in [3.63, 3.8) is 0 Å². The zero-order valence-electron chi connectivity index (χ0n) is 9.50. The van der Waals surface area contributed by atoms with E-state index in [1.807, 2.05) is 11.9 Å². The molecule has 1 aliphatic rings. The average molecular weight is 293 g/mol. The van der Waals surface area contributed by atoms with Gasteiger partial charge in [0, 0.05) is 13.1 Å². The molecule has 1 amide bonds. The van der Waals surface area contributed by atoms with E-state index in [0.29, 0.717) is 20.2 Å². The molecule has 2 heterocycles.